The molecule has 0 radical (unpaired) electrons. The van der Waals surface area contributed by atoms with Crippen LogP contribution in [0.2, 0.25) is 0 Å². The highest BCUT2D eigenvalue weighted by Gasteiger charge is 2.28. The van der Waals surface area contributed by atoms with Crippen molar-refractivity contribution in [1.29, 1.82) is 0 Å². The van der Waals surface area contributed by atoms with E-state index < -0.39 is 0 Å². The summed E-state index contributed by atoms with van der Waals surface area (Å²) in [7, 11) is 1.62. The number of piperazine rings is 1. The molecule has 0 atom stereocenters. The van der Waals surface area contributed by atoms with Gasteiger partial charge in [0.15, 0.2) is 0 Å². The third-order valence-corrected chi connectivity index (χ3v) is 3.37. The third kappa shape index (κ3) is 2.45. The van der Waals surface area contributed by atoms with Gasteiger partial charge in [-0.1, -0.05) is 17.3 Å². The molecule has 0 saturated carbocycles. The lowest BCUT2D eigenvalue weighted by Crippen LogP contribution is -2.52. The molecule has 2 N–H and O–H groups in total. The summed E-state index contributed by atoms with van der Waals surface area (Å²) >= 11 is 0. The third-order valence-electron chi connectivity index (χ3n) is 3.37. The Morgan fingerprint density at radius 3 is 2.71 bits per heavy atom. The second-order valence-electron chi connectivity index (χ2n) is 4.89. The topological polar surface area (TPSA) is 92.7 Å². The van der Waals surface area contributed by atoms with Crippen molar-refractivity contribution in [3.8, 4) is 11.3 Å². The van der Waals surface area contributed by atoms with Crippen LogP contribution < -0.4 is 10.6 Å². The Bertz CT molecular complexity index is 710. The van der Waals surface area contributed by atoms with Crippen LogP contribution in [0.1, 0.15) is 0 Å². The summed E-state index contributed by atoms with van der Waals surface area (Å²) in [4.78, 5) is 26.7. The van der Waals surface area contributed by atoms with Crippen molar-refractivity contribution in [3.05, 3.63) is 30.3 Å². The number of nitrogens with zero attached hydrogens (tertiary/aromatic N) is 3. The SMILES string of the molecule is CN1CC(=O)N(c2cccc(-c3cc(N)on3)c2)CC1=O. The van der Waals surface area contributed by atoms with Gasteiger partial charge in [0.25, 0.3) is 0 Å². The van der Waals surface area contributed by atoms with Gasteiger partial charge in [-0.3, -0.25) is 9.59 Å². The van der Waals surface area contributed by atoms with Crippen LogP contribution in [-0.4, -0.2) is 42.0 Å². The summed E-state index contributed by atoms with van der Waals surface area (Å²) in [6, 6.07) is 8.81. The number of hydrogen-bond donors (Lipinski definition) is 1. The van der Waals surface area contributed by atoms with E-state index in [4.69, 9.17) is 10.3 Å². The molecule has 0 bridgehead atoms. The van der Waals surface area contributed by atoms with E-state index in [1.807, 2.05) is 6.07 Å². The molecule has 2 amide bonds. The smallest absolute Gasteiger partial charge is 0.247 e. The van der Waals surface area contributed by atoms with Crippen molar-refractivity contribution in [2.45, 2.75) is 0 Å². The van der Waals surface area contributed by atoms with Crippen molar-refractivity contribution in [2.24, 2.45) is 0 Å². The Morgan fingerprint density at radius 2 is 2.00 bits per heavy atom. The maximum absolute atomic E-state index is 12.1. The van der Waals surface area contributed by atoms with Crippen LogP contribution in [0.3, 0.4) is 0 Å². The Kier molecular flexibility index (Phi) is 3.09. The van der Waals surface area contributed by atoms with E-state index in [1.165, 1.54) is 9.80 Å². The molecule has 21 heavy (non-hydrogen) atoms. The number of nitrogens with two attached hydrogens (primary N) is 1. The van der Waals surface area contributed by atoms with Gasteiger partial charge in [-0.25, -0.2) is 0 Å². The molecule has 1 aliphatic rings. The van der Waals surface area contributed by atoms with Crippen LogP contribution in [0.25, 0.3) is 11.3 Å². The van der Waals surface area contributed by atoms with E-state index >= 15 is 0 Å². The fraction of sp³-hybridized carbons (Fsp3) is 0.214. The summed E-state index contributed by atoms with van der Waals surface area (Å²) < 4.78 is 4.84. The molecule has 0 aliphatic carbocycles. The highest BCUT2D eigenvalue weighted by atomic mass is 16.5. The zero-order valence-corrected chi connectivity index (χ0v) is 11.4. The summed E-state index contributed by atoms with van der Waals surface area (Å²) in [6.45, 7) is 0.125. The van der Waals surface area contributed by atoms with Crippen LogP contribution in [0.5, 0.6) is 0 Å². The van der Waals surface area contributed by atoms with Gasteiger partial charge in [-0.2, -0.15) is 0 Å². The van der Waals surface area contributed by atoms with Crippen LogP contribution in [0.4, 0.5) is 11.6 Å². The highest BCUT2D eigenvalue weighted by Crippen LogP contribution is 2.26. The molecule has 1 aliphatic heterocycles. The van der Waals surface area contributed by atoms with E-state index in [2.05, 4.69) is 5.16 Å². The average Bonchev–Trinajstić information content (AvgIpc) is 2.90. The number of benzene rings is 1. The first kappa shape index (κ1) is 13.2. The van der Waals surface area contributed by atoms with E-state index in [0.29, 0.717) is 11.4 Å². The second-order valence-corrected chi connectivity index (χ2v) is 4.89. The molecule has 1 aromatic carbocycles. The summed E-state index contributed by atoms with van der Waals surface area (Å²) in [5.74, 6) is 0.0147. The Morgan fingerprint density at radius 1 is 1.19 bits per heavy atom. The lowest BCUT2D eigenvalue weighted by molar-refractivity contribution is -0.136. The minimum absolute atomic E-state index is 0.0414. The molecule has 108 valence electrons. The number of rotatable bonds is 2. The summed E-state index contributed by atoms with van der Waals surface area (Å²) in [5, 5.41) is 3.84. The minimum Gasteiger partial charge on any atom is -0.368 e. The average molecular weight is 286 g/mol. The summed E-state index contributed by atoms with van der Waals surface area (Å²) in [5.41, 5.74) is 7.52. The first-order chi connectivity index (χ1) is 10.0. The molecular weight excluding hydrogens is 272 g/mol. The number of amides is 2. The molecular formula is C14H14N4O3. The Hall–Kier alpha value is -2.83. The molecule has 1 saturated heterocycles. The first-order valence-electron chi connectivity index (χ1n) is 6.41. The number of carbonyl (C=O) groups is 2. The van der Waals surface area contributed by atoms with Gasteiger partial charge in [-0.05, 0) is 12.1 Å². The number of hydrogen-bond acceptors (Lipinski definition) is 5. The van der Waals surface area contributed by atoms with Gasteiger partial charge in [-0.15, -0.1) is 0 Å². The van der Waals surface area contributed by atoms with E-state index in [-0.39, 0.29) is 30.8 Å². The molecule has 1 aromatic heterocycles. The van der Waals surface area contributed by atoms with Crippen LogP contribution in [0, 0.1) is 0 Å². The monoisotopic (exact) mass is 286 g/mol. The lowest BCUT2D eigenvalue weighted by Gasteiger charge is -2.31. The van der Waals surface area contributed by atoms with E-state index in [1.54, 1.807) is 31.3 Å². The van der Waals surface area contributed by atoms with Crippen molar-refractivity contribution < 1.29 is 14.1 Å². The zero-order valence-electron chi connectivity index (χ0n) is 11.4. The number of anilines is 2. The van der Waals surface area contributed by atoms with E-state index in [9.17, 15) is 9.59 Å². The standard InChI is InChI=1S/C14H14N4O3/c1-17-7-14(20)18(8-13(17)19)10-4-2-3-9(5-10)11-6-12(15)21-16-11/h2-6H,7-8,15H2,1H3. The van der Waals surface area contributed by atoms with Gasteiger partial charge in [0.2, 0.25) is 17.7 Å². The van der Waals surface area contributed by atoms with E-state index in [0.717, 1.165) is 5.56 Å². The largest absolute Gasteiger partial charge is 0.368 e. The van der Waals surface area contributed by atoms with Gasteiger partial charge >= 0.3 is 0 Å². The van der Waals surface area contributed by atoms with Crippen LogP contribution in [0.15, 0.2) is 34.9 Å². The van der Waals surface area contributed by atoms with Crippen LogP contribution >= 0.6 is 0 Å². The van der Waals surface area contributed by atoms with Crippen molar-refractivity contribution in [2.75, 3.05) is 30.8 Å². The van der Waals surface area contributed by atoms with Crippen molar-refractivity contribution in [3.63, 3.8) is 0 Å². The molecule has 2 heterocycles. The fourth-order valence-electron chi connectivity index (χ4n) is 2.21. The molecule has 0 unspecified atom stereocenters. The van der Waals surface area contributed by atoms with Crippen molar-refractivity contribution in [1.82, 2.24) is 10.1 Å². The molecule has 0 spiro atoms. The molecule has 3 rings (SSSR count). The Labute approximate surface area is 120 Å². The molecule has 2 aromatic rings. The van der Waals surface area contributed by atoms with Crippen molar-refractivity contribution >= 4 is 23.4 Å². The maximum Gasteiger partial charge on any atom is 0.247 e. The van der Waals surface area contributed by atoms with Crippen LogP contribution in [-0.2, 0) is 9.59 Å². The predicted octanol–water partition coefficient (Wildman–Crippen LogP) is 0.729. The number of carbonyl (C=O) groups excluding carboxylic acids is 2. The van der Waals surface area contributed by atoms with Gasteiger partial charge in [0, 0.05) is 24.4 Å². The van der Waals surface area contributed by atoms with Gasteiger partial charge < -0.3 is 20.1 Å². The predicted molar refractivity (Wildman–Crippen MR) is 76.3 cm³/mol. The second kappa shape index (κ2) is 4.93. The Balaban J connectivity index is 1.93. The molecule has 7 nitrogen and oxygen atoms in total. The number of likely N-dealkylation sites (N-methyl/N-ethyl adjacent to an activating group) is 1. The number of aromatic nitrogens is 1. The number of nitrogen functional groups attached to an aromatic ring is 1. The van der Waals surface area contributed by atoms with Gasteiger partial charge in [0.1, 0.15) is 12.2 Å². The fourth-order valence-corrected chi connectivity index (χ4v) is 2.21. The van der Waals surface area contributed by atoms with Gasteiger partial charge in [0.05, 0.1) is 6.54 Å². The maximum atomic E-state index is 12.1. The normalized spacial score (nSPS) is 15.7. The molecule has 1 fully saturated rings. The minimum atomic E-state index is -0.117. The zero-order chi connectivity index (χ0) is 15.0. The first-order valence-corrected chi connectivity index (χ1v) is 6.41. The lowest BCUT2D eigenvalue weighted by atomic mass is 10.1. The highest BCUT2D eigenvalue weighted by molar-refractivity contribution is 6.04. The summed E-state index contributed by atoms with van der Waals surface area (Å²) in [6.07, 6.45) is 0. The molecule has 7 heteroatoms. The quantitative estimate of drug-likeness (QED) is 0.878.